The first kappa shape index (κ1) is 17.4. The minimum absolute atomic E-state index is 0.0134. The van der Waals surface area contributed by atoms with E-state index in [1.165, 1.54) is 0 Å². The van der Waals surface area contributed by atoms with E-state index >= 15 is 0 Å². The highest BCUT2D eigenvalue weighted by atomic mass is 32.2. The fourth-order valence-corrected chi connectivity index (χ4v) is 3.18. The fourth-order valence-electron chi connectivity index (χ4n) is 2.25. The molecule has 2 atom stereocenters. The lowest BCUT2D eigenvalue weighted by molar-refractivity contribution is -0.0683. The van der Waals surface area contributed by atoms with Crippen LogP contribution in [0.15, 0.2) is 29.2 Å². The molecule has 1 aromatic carbocycles. The van der Waals surface area contributed by atoms with Gasteiger partial charge < -0.3 is 9.47 Å². The molecule has 0 bridgehead atoms. The fraction of sp³-hybridized carbons (Fsp3) is 0.625. The molecule has 0 aromatic heterocycles. The van der Waals surface area contributed by atoms with Crippen LogP contribution >= 0.6 is 0 Å². The number of ether oxygens (including phenoxy) is 2. The van der Waals surface area contributed by atoms with Gasteiger partial charge in [0.15, 0.2) is 6.29 Å². The minimum atomic E-state index is -3.74. The molecule has 2 rings (SSSR count). The Kier molecular flexibility index (Phi) is 6.37. The molecule has 1 aromatic rings. The molecule has 2 unspecified atom stereocenters. The van der Waals surface area contributed by atoms with Crippen molar-refractivity contribution < 1.29 is 22.1 Å². The van der Waals surface area contributed by atoms with Crippen molar-refractivity contribution in [1.82, 2.24) is 0 Å². The van der Waals surface area contributed by atoms with Gasteiger partial charge in [0.25, 0.3) is 10.1 Å². The van der Waals surface area contributed by atoms with Gasteiger partial charge in [0, 0.05) is 0 Å². The van der Waals surface area contributed by atoms with Crippen LogP contribution in [-0.2, 0) is 23.8 Å². The number of rotatable bonds is 8. The van der Waals surface area contributed by atoms with Gasteiger partial charge in [0.2, 0.25) is 0 Å². The molecule has 1 aliphatic heterocycles. The second-order valence-electron chi connectivity index (χ2n) is 5.57. The summed E-state index contributed by atoms with van der Waals surface area (Å²) < 4.78 is 40.4. The van der Waals surface area contributed by atoms with Crippen molar-refractivity contribution in [3.63, 3.8) is 0 Å². The number of benzene rings is 1. The number of hydrogen-bond donors (Lipinski definition) is 0. The van der Waals surface area contributed by atoms with Gasteiger partial charge in [-0.05, 0) is 31.9 Å². The van der Waals surface area contributed by atoms with Crippen molar-refractivity contribution in [2.75, 3.05) is 13.2 Å². The highest BCUT2D eigenvalue weighted by Crippen LogP contribution is 2.20. The lowest BCUT2D eigenvalue weighted by atomic mass is 10.2. The summed E-state index contributed by atoms with van der Waals surface area (Å²) >= 11 is 0. The summed E-state index contributed by atoms with van der Waals surface area (Å²) in [5, 5.41) is 0. The zero-order chi connectivity index (χ0) is 16.0. The van der Waals surface area contributed by atoms with Gasteiger partial charge in [-0.3, -0.25) is 4.18 Å². The van der Waals surface area contributed by atoms with E-state index in [1.54, 1.807) is 24.3 Å². The third kappa shape index (κ3) is 5.05. The van der Waals surface area contributed by atoms with E-state index in [1.807, 2.05) is 6.92 Å². The first-order valence-electron chi connectivity index (χ1n) is 7.74. The predicted octanol–water partition coefficient (Wildman–Crippen LogP) is 3.02. The molecule has 6 heteroatoms. The maximum atomic E-state index is 12.1. The van der Waals surface area contributed by atoms with E-state index < -0.39 is 10.1 Å². The maximum absolute atomic E-state index is 12.1. The Morgan fingerprint density at radius 2 is 1.95 bits per heavy atom. The smallest absolute Gasteiger partial charge is 0.297 e. The second-order valence-corrected chi connectivity index (χ2v) is 7.18. The SMILES string of the molecule is CCCCCC1OCC(COS(=O)(=O)c2ccc(C)cc2)O1. The van der Waals surface area contributed by atoms with Crippen LogP contribution < -0.4 is 0 Å². The van der Waals surface area contributed by atoms with Gasteiger partial charge in [-0.15, -0.1) is 0 Å². The molecule has 0 N–H and O–H groups in total. The molecule has 1 heterocycles. The van der Waals surface area contributed by atoms with Crippen LogP contribution in [0.3, 0.4) is 0 Å². The lowest BCUT2D eigenvalue weighted by Crippen LogP contribution is -2.21. The summed E-state index contributed by atoms with van der Waals surface area (Å²) in [6.07, 6.45) is 3.63. The molecule has 0 spiro atoms. The highest BCUT2D eigenvalue weighted by molar-refractivity contribution is 7.86. The average molecular weight is 328 g/mol. The van der Waals surface area contributed by atoms with E-state index in [9.17, 15) is 8.42 Å². The Morgan fingerprint density at radius 1 is 1.23 bits per heavy atom. The third-order valence-corrected chi connectivity index (χ3v) is 4.87. The van der Waals surface area contributed by atoms with Crippen LogP contribution in [0.4, 0.5) is 0 Å². The van der Waals surface area contributed by atoms with Crippen molar-refractivity contribution >= 4 is 10.1 Å². The summed E-state index contributed by atoms with van der Waals surface area (Å²) in [5.41, 5.74) is 1.00. The standard InChI is InChI=1S/C16H24O5S/c1-3-4-5-6-16-19-11-14(21-16)12-20-22(17,18)15-9-7-13(2)8-10-15/h7-10,14,16H,3-6,11-12H2,1-2H3. The molecule has 1 aliphatic rings. The molecule has 0 amide bonds. The van der Waals surface area contributed by atoms with Crippen LogP contribution in [0, 0.1) is 6.92 Å². The molecular weight excluding hydrogens is 304 g/mol. The van der Waals surface area contributed by atoms with Crippen molar-refractivity contribution in [3.05, 3.63) is 29.8 Å². The highest BCUT2D eigenvalue weighted by Gasteiger charge is 2.27. The zero-order valence-corrected chi connectivity index (χ0v) is 14.0. The molecule has 1 fully saturated rings. The Hall–Kier alpha value is -0.950. The van der Waals surface area contributed by atoms with Crippen LogP contribution in [-0.4, -0.2) is 34.0 Å². The van der Waals surface area contributed by atoms with Crippen LogP contribution in [0.1, 0.15) is 38.2 Å². The predicted molar refractivity (Wildman–Crippen MR) is 83.1 cm³/mol. The molecule has 0 aliphatic carbocycles. The summed E-state index contributed by atoms with van der Waals surface area (Å²) in [5.74, 6) is 0. The number of aryl methyl sites for hydroxylation is 1. The molecule has 5 nitrogen and oxygen atoms in total. The first-order chi connectivity index (χ1) is 10.5. The van der Waals surface area contributed by atoms with E-state index in [2.05, 4.69) is 6.92 Å². The topological polar surface area (TPSA) is 61.8 Å². The van der Waals surface area contributed by atoms with E-state index in [4.69, 9.17) is 13.7 Å². The van der Waals surface area contributed by atoms with E-state index in [0.717, 1.165) is 31.2 Å². The van der Waals surface area contributed by atoms with Gasteiger partial charge >= 0.3 is 0 Å². The van der Waals surface area contributed by atoms with Crippen molar-refractivity contribution in [1.29, 1.82) is 0 Å². The van der Waals surface area contributed by atoms with Gasteiger partial charge in [-0.1, -0.05) is 37.5 Å². The van der Waals surface area contributed by atoms with Crippen molar-refractivity contribution in [2.24, 2.45) is 0 Å². The molecule has 22 heavy (non-hydrogen) atoms. The largest absolute Gasteiger partial charge is 0.350 e. The molecule has 124 valence electrons. The summed E-state index contributed by atoms with van der Waals surface area (Å²) in [7, 11) is -3.74. The van der Waals surface area contributed by atoms with E-state index in [-0.39, 0.29) is 23.9 Å². The zero-order valence-electron chi connectivity index (χ0n) is 13.2. The molecule has 1 saturated heterocycles. The van der Waals surface area contributed by atoms with Gasteiger partial charge in [-0.25, -0.2) is 0 Å². The Morgan fingerprint density at radius 3 is 2.64 bits per heavy atom. The van der Waals surface area contributed by atoms with Crippen LogP contribution in [0.25, 0.3) is 0 Å². The first-order valence-corrected chi connectivity index (χ1v) is 9.15. The van der Waals surface area contributed by atoms with Gasteiger partial charge in [0.1, 0.15) is 6.10 Å². The Labute approximate surface area is 132 Å². The van der Waals surface area contributed by atoms with Gasteiger partial charge in [-0.2, -0.15) is 8.42 Å². The summed E-state index contributed by atoms with van der Waals surface area (Å²) in [6, 6.07) is 6.58. The van der Waals surface area contributed by atoms with Gasteiger partial charge in [0.05, 0.1) is 18.1 Å². The van der Waals surface area contributed by atoms with Crippen LogP contribution in [0.2, 0.25) is 0 Å². The summed E-state index contributed by atoms with van der Waals surface area (Å²) in [4.78, 5) is 0.163. The average Bonchev–Trinajstić information content (AvgIpc) is 2.94. The van der Waals surface area contributed by atoms with Crippen LogP contribution in [0.5, 0.6) is 0 Å². The van der Waals surface area contributed by atoms with E-state index in [0.29, 0.717) is 6.61 Å². The normalized spacial score (nSPS) is 22.1. The Bertz CT molecular complexity index is 552. The Balaban J connectivity index is 1.79. The molecule has 0 saturated carbocycles. The maximum Gasteiger partial charge on any atom is 0.297 e. The minimum Gasteiger partial charge on any atom is -0.350 e. The second kappa shape index (κ2) is 8.06. The monoisotopic (exact) mass is 328 g/mol. The quantitative estimate of drug-likeness (QED) is 0.542. The lowest BCUT2D eigenvalue weighted by Gasteiger charge is -2.12. The summed E-state index contributed by atoms with van der Waals surface area (Å²) in [6.45, 7) is 4.41. The van der Waals surface area contributed by atoms with Crippen molar-refractivity contribution in [2.45, 2.75) is 56.8 Å². The van der Waals surface area contributed by atoms with Crippen molar-refractivity contribution in [3.8, 4) is 0 Å². The number of unbranched alkanes of at least 4 members (excludes halogenated alkanes) is 2. The number of hydrogen-bond acceptors (Lipinski definition) is 5. The third-order valence-electron chi connectivity index (χ3n) is 3.57. The molecular formula is C16H24O5S. The molecule has 0 radical (unpaired) electrons.